The summed E-state index contributed by atoms with van der Waals surface area (Å²) in [5.74, 6) is 0. The van der Waals surface area contributed by atoms with E-state index in [1.165, 1.54) is 0 Å². The predicted octanol–water partition coefficient (Wildman–Crippen LogP) is 2.14. The second-order valence-corrected chi connectivity index (χ2v) is 4.12. The van der Waals surface area contributed by atoms with Crippen LogP contribution in [-0.4, -0.2) is 34.3 Å². The highest BCUT2D eigenvalue weighted by molar-refractivity contribution is 5.73. The van der Waals surface area contributed by atoms with E-state index in [4.69, 9.17) is 0 Å². The van der Waals surface area contributed by atoms with Crippen molar-refractivity contribution < 1.29 is 13.2 Å². The molecule has 1 N–H and O–H groups in total. The lowest BCUT2D eigenvalue weighted by molar-refractivity contribution is -0.124. The van der Waals surface area contributed by atoms with Crippen LogP contribution in [0.25, 0.3) is 11.0 Å². The Kier molecular flexibility index (Phi) is 3.51. The van der Waals surface area contributed by atoms with Gasteiger partial charge in [-0.1, -0.05) is 17.3 Å². The Morgan fingerprint density at radius 1 is 1.33 bits per heavy atom. The van der Waals surface area contributed by atoms with Crippen LogP contribution >= 0.6 is 0 Å². The Morgan fingerprint density at radius 2 is 2.06 bits per heavy atom. The number of hydrogen-bond donors (Lipinski definition) is 1. The lowest BCUT2D eigenvalue weighted by atomic mass is 10.3. The van der Waals surface area contributed by atoms with Gasteiger partial charge in [0.05, 0.1) is 18.1 Å². The molecule has 2 aromatic rings. The van der Waals surface area contributed by atoms with Crippen LogP contribution in [-0.2, 0) is 0 Å². The summed E-state index contributed by atoms with van der Waals surface area (Å²) in [5.41, 5.74) is 1.55. The number of hydrogen-bond acceptors (Lipinski definition) is 3. The lowest BCUT2D eigenvalue weighted by Gasteiger charge is -2.14. The number of fused-ring (bicyclic) bond motifs is 1. The minimum atomic E-state index is -4.19. The first-order chi connectivity index (χ1) is 8.47. The quantitative estimate of drug-likeness (QED) is 0.913. The van der Waals surface area contributed by atoms with Crippen molar-refractivity contribution in [3.63, 3.8) is 0 Å². The first kappa shape index (κ1) is 12.8. The van der Waals surface area contributed by atoms with Crippen molar-refractivity contribution in [3.8, 4) is 0 Å². The Labute approximate surface area is 102 Å². The zero-order valence-electron chi connectivity index (χ0n) is 9.78. The standard InChI is InChI=1S/C11H13F3N4/c1-8(6-15-7-11(12,13)14)18-10-5-3-2-4-9(10)16-17-18/h2-5,8,15H,6-7H2,1H3. The molecule has 0 spiro atoms. The molecule has 1 aromatic heterocycles. The molecule has 0 saturated heterocycles. The Bertz CT molecular complexity index is 520. The van der Waals surface area contributed by atoms with Gasteiger partial charge in [0, 0.05) is 6.54 Å². The van der Waals surface area contributed by atoms with E-state index in [-0.39, 0.29) is 12.6 Å². The normalized spacial score (nSPS) is 14.0. The van der Waals surface area contributed by atoms with E-state index in [1.54, 1.807) is 11.6 Å². The highest BCUT2D eigenvalue weighted by Gasteiger charge is 2.26. The maximum Gasteiger partial charge on any atom is 0.401 e. The summed E-state index contributed by atoms with van der Waals surface area (Å²) in [6.45, 7) is 0.987. The van der Waals surface area contributed by atoms with Crippen molar-refractivity contribution in [2.24, 2.45) is 0 Å². The van der Waals surface area contributed by atoms with E-state index in [2.05, 4.69) is 15.6 Å². The smallest absolute Gasteiger partial charge is 0.307 e. The first-order valence-electron chi connectivity index (χ1n) is 5.55. The molecule has 0 fully saturated rings. The van der Waals surface area contributed by atoms with Crippen LogP contribution in [0.2, 0.25) is 0 Å². The number of alkyl halides is 3. The molecule has 0 radical (unpaired) electrons. The van der Waals surface area contributed by atoms with Crippen molar-refractivity contribution in [1.82, 2.24) is 20.3 Å². The number of nitrogens with zero attached hydrogens (tertiary/aromatic N) is 3. The number of halogens is 3. The zero-order valence-corrected chi connectivity index (χ0v) is 9.78. The third-order valence-electron chi connectivity index (χ3n) is 2.56. The van der Waals surface area contributed by atoms with Gasteiger partial charge in [0.1, 0.15) is 5.52 Å². The Hall–Kier alpha value is -1.63. The van der Waals surface area contributed by atoms with E-state index in [0.29, 0.717) is 0 Å². The van der Waals surface area contributed by atoms with Gasteiger partial charge < -0.3 is 5.32 Å². The van der Waals surface area contributed by atoms with Gasteiger partial charge in [0.2, 0.25) is 0 Å². The molecule has 2 rings (SSSR count). The number of para-hydroxylation sites is 1. The summed E-state index contributed by atoms with van der Waals surface area (Å²) in [6.07, 6.45) is -4.19. The average molecular weight is 258 g/mol. The fraction of sp³-hybridized carbons (Fsp3) is 0.455. The van der Waals surface area contributed by atoms with Crippen LogP contribution in [0.5, 0.6) is 0 Å². The van der Waals surface area contributed by atoms with Gasteiger partial charge in [-0.2, -0.15) is 13.2 Å². The zero-order chi connectivity index (χ0) is 13.2. The second kappa shape index (κ2) is 4.93. The summed E-state index contributed by atoms with van der Waals surface area (Å²) < 4.78 is 37.6. The molecule has 4 nitrogen and oxygen atoms in total. The Morgan fingerprint density at radius 3 is 2.78 bits per heavy atom. The monoisotopic (exact) mass is 258 g/mol. The van der Waals surface area contributed by atoms with Gasteiger partial charge in [-0.15, -0.1) is 5.10 Å². The summed E-state index contributed by atoms with van der Waals surface area (Å²) in [6, 6.07) is 7.15. The van der Waals surface area contributed by atoms with Crippen LogP contribution < -0.4 is 5.32 Å². The molecule has 0 aliphatic heterocycles. The molecule has 7 heteroatoms. The second-order valence-electron chi connectivity index (χ2n) is 4.12. The van der Waals surface area contributed by atoms with Crippen LogP contribution in [0, 0.1) is 0 Å². The van der Waals surface area contributed by atoms with Crippen LogP contribution in [0.1, 0.15) is 13.0 Å². The molecular weight excluding hydrogens is 245 g/mol. The van der Waals surface area contributed by atoms with Crippen LogP contribution in [0.15, 0.2) is 24.3 Å². The van der Waals surface area contributed by atoms with E-state index < -0.39 is 12.7 Å². The number of aromatic nitrogens is 3. The molecule has 0 amide bonds. The van der Waals surface area contributed by atoms with Gasteiger partial charge in [-0.05, 0) is 19.1 Å². The fourth-order valence-electron chi connectivity index (χ4n) is 1.72. The molecule has 1 aromatic carbocycles. The minimum absolute atomic E-state index is 0.187. The number of rotatable bonds is 4. The van der Waals surface area contributed by atoms with Crippen molar-refractivity contribution in [2.75, 3.05) is 13.1 Å². The number of nitrogens with one attached hydrogen (secondary N) is 1. The van der Waals surface area contributed by atoms with Crippen molar-refractivity contribution in [3.05, 3.63) is 24.3 Å². The topological polar surface area (TPSA) is 42.7 Å². The highest BCUT2D eigenvalue weighted by Crippen LogP contribution is 2.16. The van der Waals surface area contributed by atoms with Crippen LogP contribution in [0.3, 0.4) is 0 Å². The summed E-state index contributed by atoms with van der Waals surface area (Å²) in [7, 11) is 0. The van der Waals surface area contributed by atoms with Gasteiger partial charge in [-0.3, -0.25) is 0 Å². The highest BCUT2D eigenvalue weighted by atomic mass is 19.4. The van der Waals surface area contributed by atoms with Crippen LogP contribution in [0.4, 0.5) is 13.2 Å². The molecule has 1 unspecified atom stereocenters. The molecule has 0 aliphatic rings. The predicted molar refractivity (Wildman–Crippen MR) is 61.2 cm³/mol. The fourth-order valence-corrected chi connectivity index (χ4v) is 1.72. The van der Waals surface area contributed by atoms with E-state index in [9.17, 15) is 13.2 Å². The molecule has 98 valence electrons. The van der Waals surface area contributed by atoms with Gasteiger partial charge in [0.15, 0.2) is 0 Å². The Balaban J connectivity index is 2.03. The van der Waals surface area contributed by atoms with Crippen molar-refractivity contribution >= 4 is 11.0 Å². The molecule has 0 aliphatic carbocycles. The van der Waals surface area contributed by atoms with Gasteiger partial charge in [-0.25, -0.2) is 4.68 Å². The molecule has 1 atom stereocenters. The largest absolute Gasteiger partial charge is 0.401 e. The maximum atomic E-state index is 12.0. The summed E-state index contributed by atoms with van der Waals surface area (Å²) >= 11 is 0. The molecule has 0 bridgehead atoms. The van der Waals surface area contributed by atoms with E-state index in [0.717, 1.165) is 11.0 Å². The summed E-state index contributed by atoms with van der Waals surface area (Å²) in [4.78, 5) is 0. The molecule has 18 heavy (non-hydrogen) atoms. The van der Waals surface area contributed by atoms with Gasteiger partial charge >= 0.3 is 6.18 Å². The summed E-state index contributed by atoms with van der Waals surface area (Å²) in [5, 5.41) is 10.3. The van der Waals surface area contributed by atoms with Crippen molar-refractivity contribution in [2.45, 2.75) is 19.1 Å². The first-order valence-corrected chi connectivity index (χ1v) is 5.55. The minimum Gasteiger partial charge on any atom is -0.307 e. The van der Waals surface area contributed by atoms with Gasteiger partial charge in [0.25, 0.3) is 0 Å². The molecule has 1 heterocycles. The third-order valence-corrected chi connectivity index (χ3v) is 2.56. The maximum absolute atomic E-state index is 12.0. The SMILES string of the molecule is CC(CNCC(F)(F)F)n1nnc2ccccc21. The molecular formula is C11H13F3N4. The third kappa shape index (κ3) is 2.98. The van der Waals surface area contributed by atoms with Crippen molar-refractivity contribution in [1.29, 1.82) is 0 Å². The lowest BCUT2D eigenvalue weighted by Crippen LogP contribution is -2.33. The van der Waals surface area contributed by atoms with E-state index >= 15 is 0 Å². The average Bonchev–Trinajstić information content (AvgIpc) is 2.70. The molecule has 0 saturated carbocycles. The number of benzene rings is 1. The van der Waals surface area contributed by atoms with E-state index in [1.807, 2.05) is 24.3 Å².